The molecular weight excluding hydrogens is 223 g/mol. The highest BCUT2D eigenvalue weighted by Gasteiger charge is 2.14. The van der Waals surface area contributed by atoms with Crippen molar-refractivity contribution in [3.63, 3.8) is 0 Å². The number of rotatable bonds is 2. The zero-order valence-corrected chi connectivity index (χ0v) is 8.64. The number of hydrogen-bond donors (Lipinski definition) is 0. The maximum Gasteiger partial charge on any atom is 0.186 e. The van der Waals surface area contributed by atoms with E-state index in [0.717, 1.165) is 0 Å². The molecule has 0 saturated carbocycles. The Labute approximate surface area is 95.5 Å². The summed E-state index contributed by atoms with van der Waals surface area (Å²) >= 11 is 0. The van der Waals surface area contributed by atoms with Crippen LogP contribution >= 0.6 is 0 Å². The van der Waals surface area contributed by atoms with Gasteiger partial charge in [-0.05, 0) is 18.2 Å². The van der Waals surface area contributed by atoms with Gasteiger partial charge in [-0.1, -0.05) is 12.1 Å². The predicted octanol–water partition coefficient (Wildman–Crippen LogP) is 3.64. The van der Waals surface area contributed by atoms with Crippen LogP contribution in [0.25, 0.3) is 22.3 Å². The molecule has 0 spiro atoms. The lowest BCUT2D eigenvalue weighted by Crippen LogP contribution is -1.77. The van der Waals surface area contributed by atoms with Crippen molar-refractivity contribution in [2.75, 3.05) is 0 Å². The molecule has 0 fully saturated rings. The van der Waals surface area contributed by atoms with E-state index in [1.165, 1.54) is 12.3 Å². The van der Waals surface area contributed by atoms with E-state index in [9.17, 15) is 9.18 Å². The third kappa shape index (κ3) is 1.45. The maximum atomic E-state index is 13.4. The zero-order valence-electron chi connectivity index (χ0n) is 8.64. The van der Waals surface area contributed by atoms with Crippen molar-refractivity contribution < 1.29 is 18.0 Å². The van der Waals surface area contributed by atoms with Crippen molar-refractivity contribution in [1.82, 2.24) is 0 Å². The quantitative estimate of drug-likeness (QED) is 0.631. The Bertz CT molecular complexity index is 694. The second kappa shape index (κ2) is 3.59. The van der Waals surface area contributed by atoms with Gasteiger partial charge in [0.05, 0.1) is 11.8 Å². The minimum absolute atomic E-state index is 0.171. The van der Waals surface area contributed by atoms with Crippen LogP contribution in [0.2, 0.25) is 0 Å². The first kappa shape index (κ1) is 9.84. The summed E-state index contributed by atoms with van der Waals surface area (Å²) in [6.45, 7) is 0. The molecule has 0 N–H and O–H groups in total. The van der Waals surface area contributed by atoms with Crippen molar-refractivity contribution in [3.05, 3.63) is 48.2 Å². The summed E-state index contributed by atoms with van der Waals surface area (Å²) in [7, 11) is 0. The average Bonchev–Trinajstić information content (AvgIpc) is 2.94. The van der Waals surface area contributed by atoms with Crippen LogP contribution in [0.1, 0.15) is 10.6 Å². The Balaban J connectivity index is 2.25. The normalized spacial score (nSPS) is 10.9. The number of fused-ring (bicyclic) bond motifs is 1. The number of carbonyl (C=O) groups is 1. The Hall–Kier alpha value is -2.36. The molecule has 3 aromatic rings. The number of benzene rings is 1. The monoisotopic (exact) mass is 230 g/mol. The number of para-hydroxylation sites is 1. The molecule has 2 heterocycles. The molecule has 0 unspecified atom stereocenters. The SMILES string of the molecule is O=Cc1occc1-c1cc2cccc(F)c2o1. The lowest BCUT2D eigenvalue weighted by molar-refractivity contribution is 0.110. The van der Waals surface area contributed by atoms with Gasteiger partial charge < -0.3 is 8.83 Å². The Morgan fingerprint density at radius 2 is 2.12 bits per heavy atom. The second-order valence-electron chi connectivity index (χ2n) is 3.59. The molecule has 17 heavy (non-hydrogen) atoms. The van der Waals surface area contributed by atoms with E-state index < -0.39 is 5.82 Å². The molecule has 0 aliphatic rings. The molecule has 0 aliphatic heterocycles. The first-order valence-electron chi connectivity index (χ1n) is 5.00. The number of aldehydes is 1. The molecule has 0 amide bonds. The third-order valence-corrected chi connectivity index (χ3v) is 2.56. The largest absolute Gasteiger partial charge is 0.461 e. The lowest BCUT2D eigenvalue weighted by atomic mass is 10.2. The number of hydrogen-bond acceptors (Lipinski definition) is 3. The van der Waals surface area contributed by atoms with Gasteiger partial charge in [-0.25, -0.2) is 4.39 Å². The summed E-state index contributed by atoms with van der Waals surface area (Å²) in [6, 6.07) is 7.96. The standard InChI is InChI=1S/C13H7FO3/c14-10-3-1-2-8-6-11(17-13(8)10)9-4-5-16-12(9)7-15/h1-7H. The number of furan rings is 2. The molecule has 3 nitrogen and oxygen atoms in total. The maximum absolute atomic E-state index is 13.4. The lowest BCUT2D eigenvalue weighted by Gasteiger charge is -1.91. The minimum Gasteiger partial charge on any atom is -0.461 e. The third-order valence-electron chi connectivity index (χ3n) is 2.56. The molecule has 4 heteroatoms. The average molecular weight is 230 g/mol. The van der Waals surface area contributed by atoms with E-state index in [4.69, 9.17) is 8.83 Å². The highest BCUT2D eigenvalue weighted by Crippen LogP contribution is 2.31. The number of carbonyl (C=O) groups excluding carboxylic acids is 1. The van der Waals surface area contributed by atoms with Crippen LogP contribution in [0.3, 0.4) is 0 Å². The highest BCUT2D eigenvalue weighted by atomic mass is 19.1. The summed E-state index contributed by atoms with van der Waals surface area (Å²) < 4.78 is 23.8. The molecule has 0 atom stereocenters. The van der Waals surface area contributed by atoms with Gasteiger partial charge in [0.15, 0.2) is 23.4 Å². The van der Waals surface area contributed by atoms with Crippen LogP contribution in [0.4, 0.5) is 4.39 Å². The summed E-state index contributed by atoms with van der Waals surface area (Å²) in [5.74, 6) is 0.162. The van der Waals surface area contributed by atoms with Crippen molar-refractivity contribution in [3.8, 4) is 11.3 Å². The van der Waals surface area contributed by atoms with Gasteiger partial charge in [0, 0.05) is 5.39 Å². The van der Waals surface area contributed by atoms with Crippen molar-refractivity contribution in [2.24, 2.45) is 0 Å². The fraction of sp³-hybridized carbons (Fsp3) is 0. The van der Waals surface area contributed by atoms with Crippen LogP contribution in [0, 0.1) is 5.82 Å². The Morgan fingerprint density at radius 1 is 1.24 bits per heavy atom. The van der Waals surface area contributed by atoms with Gasteiger partial charge in [-0.15, -0.1) is 0 Å². The van der Waals surface area contributed by atoms with Gasteiger partial charge in [0.1, 0.15) is 5.76 Å². The minimum atomic E-state index is -0.426. The van der Waals surface area contributed by atoms with E-state index >= 15 is 0 Å². The molecule has 84 valence electrons. The Kier molecular flexibility index (Phi) is 2.08. The Morgan fingerprint density at radius 3 is 2.88 bits per heavy atom. The van der Waals surface area contributed by atoms with Gasteiger partial charge in [-0.3, -0.25) is 4.79 Å². The van der Waals surface area contributed by atoms with Crippen LogP contribution < -0.4 is 0 Å². The van der Waals surface area contributed by atoms with Crippen molar-refractivity contribution >= 4 is 17.3 Å². The fourth-order valence-corrected chi connectivity index (χ4v) is 1.78. The van der Waals surface area contributed by atoms with E-state index in [2.05, 4.69) is 0 Å². The van der Waals surface area contributed by atoms with E-state index in [0.29, 0.717) is 23.0 Å². The van der Waals surface area contributed by atoms with Gasteiger partial charge in [-0.2, -0.15) is 0 Å². The molecule has 0 saturated heterocycles. The fourth-order valence-electron chi connectivity index (χ4n) is 1.78. The summed E-state index contributed by atoms with van der Waals surface area (Å²) in [6.07, 6.45) is 1.99. The smallest absolute Gasteiger partial charge is 0.186 e. The second-order valence-corrected chi connectivity index (χ2v) is 3.59. The van der Waals surface area contributed by atoms with Gasteiger partial charge in [0.25, 0.3) is 0 Å². The van der Waals surface area contributed by atoms with Crippen molar-refractivity contribution in [2.45, 2.75) is 0 Å². The molecule has 0 radical (unpaired) electrons. The van der Waals surface area contributed by atoms with Gasteiger partial charge >= 0.3 is 0 Å². The topological polar surface area (TPSA) is 43.4 Å². The molecule has 0 aliphatic carbocycles. The summed E-state index contributed by atoms with van der Waals surface area (Å²) in [4.78, 5) is 10.7. The van der Waals surface area contributed by atoms with E-state index in [1.54, 1.807) is 24.3 Å². The van der Waals surface area contributed by atoms with Crippen LogP contribution in [0.15, 0.2) is 45.4 Å². The summed E-state index contributed by atoms with van der Waals surface area (Å²) in [5, 5.41) is 0.651. The van der Waals surface area contributed by atoms with E-state index in [-0.39, 0.29) is 11.3 Å². The zero-order chi connectivity index (χ0) is 11.8. The molecule has 1 aromatic carbocycles. The number of halogens is 1. The molecule has 0 bridgehead atoms. The van der Waals surface area contributed by atoms with Crippen LogP contribution in [-0.4, -0.2) is 6.29 Å². The van der Waals surface area contributed by atoms with Crippen molar-refractivity contribution in [1.29, 1.82) is 0 Å². The van der Waals surface area contributed by atoms with Crippen LogP contribution in [-0.2, 0) is 0 Å². The van der Waals surface area contributed by atoms with Gasteiger partial charge in [0.2, 0.25) is 0 Å². The first-order valence-corrected chi connectivity index (χ1v) is 5.00. The molecule has 3 rings (SSSR count). The van der Waals surface area contributed by atoms with E-state index in [1.807, 2.05) is 0 Å². The first-order chi connectivity index (χ1) is 8.29. The summed E-state index contributed by atoms with van der Waals surface area (Å²) in [5.41, 5.74) is 0.705. The molecule has 2 aromatic heterocycles. The van der Waals surface area contributed by atoms with Crippen LogP contribution in [0.5, 0.6) is 0 Å². The predicted molar refractivity (Wildman–Crippen MR) is 59.3 cm³/mol. The highest BCUT2D eigenvalue weighted by molar-refractivity contribution is 5.88. The molecular formula is C13H7FO3.